The Labute approximate surface area is 129 Å². The molecule has 0 aromatic heterocycles. The molecule has 1 fully saturated rings. The summed E-state index contributed by atoms with van der Waals surface area (Å²) < 4.78 is 14.1. The lowest BCUT2D eigenvalue weighted by molar-refractivity contribution is 0.105. The van der Waals surface area contributed by atoms with Gasteiger partial charge in [0.2, 0.25) is 0 Å². The second-order valence-electron chi connectivity index (χ2n) is 7.61. The number of nitrogen functional groups attached to an aromatic ring is 1. The number of rotatable bonds is 2. The van der Waals surface area contributed by atoms with E-state index in [0.717, 1.165) is 12.8 Å². The summed E-state index contributed by atoms with van der Waals surface area (Å²) >= 11 is 3.16. The molecular formula is C16H24BrFN2. The van der Waals surface area contributed by atoms with Gasteiger partial charge >= 0.3 is 0 Å². The first-order valence-electron chi connectivity index (χ1n) is 7.09. The number of nitrogens with one attached hydrogen (secondary N) is 1. The molecule has 0 atom stereocenters. The molecular weight excluding hydrogens is 319 g/mol. The van der Waals surface area contributed by atoms with Gasteiger partial charge in [-0.05, 0) is 52.1 Å². The molecule has 0 saturated heterocycles. The summed E-state index contributed by atoms with van der Waals surface area (Å²) in [4.78, 5) is 0. The van der Waals surface area contributed by atoms with Gasteiger partial charge in [0.1, 0.15) is 5.82 Å². The normalized spacial score (nSPS) is 21.7. The highest BCUT2D eigenvalue weighted by Gasteiger charge is 2.38. The van der Waals surface area contributed by atoms with Crippen molar-refractivity contribution >= 4 is 27.3 Å². The summed E-state index contributed by atoms with van der Waals surface area (Å²) in [6.45, 7) is 9.20. The van der Waals surface area contributed by atoms with Gasteiger partial charge in [0.15, 0.2) is 0 Å². The second-order valence-corrected chi connectivity index (χ2v) is 8.46. The zero-order chi connectivity index (χ0) is 15.1. The van der Waals surface area contributed by atoms with Crippen molar-refractivity contribution in [2.45, 2.75) is 53.0 Å². The molecule has 2 rings (SSSR count). The van der Waals surface area contributed by atoms with Gasteiger partial charge in [0.05, 0.1) is 15.8 Å². The lowest BCUT2D eigenvalue weighted by Gasteiger charge is -2.45. The van der Waals surface area contributed by atoms with Gasteiger partial charge in [0, 0.05) is 12.1 Å². The summed E-state index contributed by atoms with van der Waals surface area (Å²) in [6, 6.07) is 3.43. The molecule has 0 radical (unpaired) electrons. The van der Waals surface area contributed by atoms with E-state index in [2.05, 4.69) is 48.9 Å². The summed E-state index contributed by atoms with van der Waals surface area (Å²) in [7, 11) is 0. The minimum Gasteiger partial charge on any atom is -0.397 e. The van der Waals surface area contributed by atoms with Crippen molar-refractivity contribution < 1.29 is 4.39 Å². The van der Waals surface area contributed by atoms with Gasteiger partial charge in [-0.25, -0.2) is 4.39 Å². The lowest BCUT2D eigenvalue weighted by Crippen LogP contribution is -2.40. The summed E-state index contributed by atoms with van der Waals surface area (Å²) in [5.41, 5.74) is 7.85. The van der Waals surface area contributed by atoms with Crippen LogP contribution in [0.3, 0.4) is 0 Å². The standard InChI is InChI=1S/C16H24BrFN2/c1-15(2)7-10(8-16(3,4)9-15)20-14-6-12(18)11(17)5-13(14)19/h5-6,10,20H,7-9,19H2,1-4H3. The van der Waals surface area contributed by atoms with Crippen molar-refractivity contribution in [1.29, 1.82) is 0 Å². The van der Waals surface area contributed by atoms with Crippen molar-refractivity contribution in [3.63, 3.8) is 0 Å². The maximum atomic E-state index is 13.7. The Kier molecular flexibility index (Phi) is 4.07. The minimum absolute atomic E-state index is 0.281. The van der Waals surface area contributed by atoms with Gasteiger partial charge in [-0.15, -0.1) is 0 Å². The Morgan fingerprint density at radius 3 is 2.30 bits per heavy atom. The number of benzene rings is 1. The van der Waals surface area contributed by atoms with Crippen LogP contribution in [0.25, 0.3) is 0 Å². The molecule has 1 aliphatic carbocycles. The lowest BCUT2D eigenvalue weighted by atomic mass is 9.63. The molecule has 3 N–H and O–H groups in total. The number of nitrogens with two attached hydrogens (primary N) is 1. The van der Waals surface area contributed by atoms with E-state index in [4.69, 9.17) is 5.73 Å². The molecule has 4 heteroatoms. The third kappa shape index (κ3) is 3.66. The zero-order valence-electron chi connectivity index (χ0n) is 12.7. The molecule has 0 bridgehead atoms. The van der Waals surface area contributed by atoms with E-state index < -0.39 is 0 Å². The molecule has 1 aromatic rings. The van der Waals surface area contributed by atoms with Crippen LogP contribution in [0.5, 0.6) is 0 Å². The van der Waals surface area contributed by atoms with E-state index >= 15 is 0 Å². The Hall–Kier alpha value is -0.770. The van der Waals surface area contributed by atoms with E-state index in [9.17, 15) is 4.39 Å². The number of anilines is 2. The highest BCUT2D eigenvalue weighted by Crippen LogP contribution is 2.46. The first-order valence-corrected chi connectivity index (χ1v) is 7.88. The zero-order valence-corrected chi connectivity index (χ0v) is 14.3. The van der Waals surface area contributed by atoms with Crippen LogP contribution in [0, 0.1) is 16.6 Å². The summed E-state index contributed by atoms with van der Waals surface area (Å²) in [5.74, 6) is -0.281. The van der Waals surface area contributed by atoms with Crippen LogP contribution in [0.4, 0.5) is 15.8 Å². The fourth-order valence-corrected chi connectivity index (χ4v) is 4.22. The van der Waals surface area contributed by atoms with E-state index in [1.165, 1.54) is 12.5 Å². The smallest absolute Gasteiger partial charge is 0.139 e. The third-order valence-electron chi connectivity index (χ3n) is 4.01. The highest BCUT2D eigenvalue weighted by molar-refractivity contribution is 9.10. The molecule has 0 heterocycles. The fraction of sp³-hybridized carbons (Fsp3) is 0.625. The molecule has 1 aliphatic rings. The summed E-state index contributed by atoms with van der Waals surface area (Å²) in [6.07, 6.45) is 3.36. The maximum absolute atomic E-state index is 13.7. The molecule has 0 unspecified atom stereocenters. The third-order valence-corrected chi connectivity index (χ3v) is 4.61. The minimum atomic E-state index is -0.281. The van der Waals surface area contributed by atoms with Crippen LogP contribution < -0.4 is 11.1 Å². The van der Waals surface area contributed by atoms with Crippen LogP contribution >= 0.6 is 15.9 Å². The molecule has 1 saturated carbocycles. The number of hydrogen-bond donors (Lipinski definition) is 2. The monoisotopic (exact) mass is 342 g/mol. The van der Waals surface area contributed by atoms with Crippen LogP contribution in [-0.4, -0.2) is 6.04 Å². The quantitative estimate of drug-likeness (QED) is 0.726. The molecule has 20 heavy (non-hydrogen) atoms. The Morgan fingerprint density at radius 1 is 1.20 bits per heavy atom. The number of halogens is 2. The predicted octanol–water partition coefficient (Wildman–Crippen LogP) is 5.19. The molecule has 0 aliphatic heterocycles. The van der Waals surface area contributed by atoms with Crippen molar-refractivity contribution in [3.05, 3.63) is 22.4 Å². The Bertz CT molecular complexity index is 495. The highest BCUT2D eigenvalue weighted by atomic mass is 79.9. The van der Waals surface area contributed by atoms with E-state index in [1.807, 2.05) is 0 Å². The van der Waals surface area contributed by atoms with Crippen LogP contribution in [0.15, 0.2) is 16.6 Å². The van der Waals surface area contributed by atoms with Crippen molar-refractivity contribution in [3.8, 4) is 0 Å². The van der Waals surface area contributed by atoms with Gasteiger partial charge in [-0.1, -0.05) is 27.7 Å². The van der Waals surface area contributed by atoms with E-state index in [1.54, 1.807) is 6.07 Å². The van der Waals surface area contributed by atoms with Crippen molar-refractivity contribution in [1.82, 2.24) is 0 Å². The van der Waals surface area contributed by atoms with Crippen LogP contribution in [0.1, 0.15) is 47.0 Å². The van der Waals surface area contributed by atoms with Crippen LogP contribution in [-0.2, 0) is 0 Å². The topological polar surface area (TPSA) is 38.0 Å². The van der Waals surface area contributed by atoms with Crippen LogP contribution in [0.2, 0.25) is 0 Å². The van der Waals surface area contributed by atoms with Crippen molar-refractivity contribution in [2.75, 3.05) is 11.1 Å². The Balaban J connectivity index is 2.19. The maximum Gasteiger partial charge on any atom is 0.139 e. The molecule has 0 spiro atoms. The number of hydrogen-bond acceptors (Lipinski definition) is 2. The first-order chi connectivity index (χ1) is 9.08. The van der Waals surface area contributed by atoms with E-state index in [0.29, 0.717) is 32.7 Å². The van der Waals surface area contributed by atoms with Gasteiger partial charge in [-0.3, -0.25) is 0 Å². The van der Waals surface area contributed by atoms with E-state index in [-0.39, 0.29) is 5.82 Å². The Morgan fingerprint density at radius 2 is 1.75 bits per heavy atom. The van der Waals surface area contributed by atoms with Gasteiger partial charge in [0.25, 0.3) is 0 Å². The first kappa shape index (κ1) is 15.6. The fourth-order valence-electron chi connectivity index (χ4n) is 3.86. The average Bonchev–Trinajstić information content (AvgIpc) is 2.21. The van der Waals surface area contributed by atoms with Crippen molar-refractivity contribution in [2.24, 2.45) is 10.8 Å². The largest absolute Gasteiger partial charge is 0.397 e. The average molecular weight is 343 g/mol. The SMILES string of the molecule is CC1(C)CC(Nc2cc(F)c(Br)cc2N)CC(C)(C)C1. The molecule has 0 amide bonds. The summed E-state index contributed by atoms with van der Waals surface area (Å²) in [5, 5.41) is 3.44. The van der Waals surface area contributed by atoms with Gasteiger partial charge < -0.3 is 11.1 Å². The molecule has 2 nitrogen and oxygen atoms in total. The second kappa shape index (κ2) is 5.21. The van der Waals surface area contributed by atoms with Gasteiger partial charge in [-0.2, -0.15) is 0 Å². The predicted molar refractivity (Wildman–Crippen MR) is 87.3 cm³/mol. The molecule has 112 valence electrons. The molecule has 1 aromatic carbocycles.